The van der Waals surface area contributed by atoms with E-state index in [1.54, 1.807) is 11.8 Å². The molecule has 0 amide bonds. The van der Waals surface area contributed by atoms with Crippen molar-refractivity contribution < 1.29 is 4.79 Å². The second-order valence-electron chi connectivity index (χ2n) is 5.61. The Bertz CT molecular complexity index is 646. The lowest BCUT2D eigenvalue weighted by Crippen LogP contribution is -2.14. The summed E-state index contributed by atoms with van der Waals surface area (Å²) in [5.74, 6) is 1.09. The van der Waals surface area contributed by atoms with Crippen LogP contribution in [0.2, 0.25) is 0 Å². The van der Waals surface area contributed by atoms with Crippen molar-refractivity contribution in [3.63, 3.8) is 0 Å². The Morgan fingerprint density at radius 1 is 1.05 bits per heavy atom. The van der Waals surface area contributed by atoms with Gasteiger partial charge >= 0.3 is 0 Å². The molecule has 2 heteroatoms. The summed E-state index contributed by atoms with van der Waals surface area (Å²) < 4.78 is 0. The van der Waals surface area contributed by atoms with Crippen molar-refractivity contribution in [1.82, 2.24) is 0 Å². The molecular formula is C19H22OS. The highest BCUT2D eigenvalue weighted by Crippen LogP contribution is 2.22. The number of benzene rings is 2. The van der Waals surface area contributed by atoms with E-state index in [9.17, 15) is 4.79 Å². The molecule has 0 aliphatic rings. The van der Waals surface area contributed by atoms with Gasteiger partial charge in [0, 0.05) is 11.3 Å². The van der Waals surface area contributed by atoms with E-state index in [2.05, 4.69) is 45.0 Å². The van der Waals surface area contributed by atoms with Gasteiger partial charge in [-0.2, -0.15) is 0 Å². The largest absolute Gasteiger partial charge is 0.293 e. The van der Waals surface area contributed by atoms with Gasteiger partial charge in [-0.3, -0.25) is 4.79 Å². The van der Waals surface area contributed by atoms with Crippen LogP contribution in [-0.4, -0.2) is 11.0 Å². The highest BCUT2D eigenvalue weighted by atomic mass is 32.2. The third-order valence-electron chi connectivity index (χ3n) is 3.74. The van der Waals surface area contributed by atoms with E-state index in [1.807, 2.05) is 25.1 Å². The van der Waals surface area contributed by atoms with Crippen LogP contribution in [0.4, 0.5) is 0 Å². The van der Waals surface area contributed by atoms with Gasteiger partial charge < -0.3 is 0 Å². The van der Waals surface area contributed by atoms with Crippen LogP contribution in [0.15, 0.2) is 42.5 Å². The van der Waals surface area contributed by atoms with E-state index in [-0.39, 0.29) is 11.0 Å². The van der Waals surface area contributed by atoms with Gasteiger partial charge in [0.2, 0.25) is 0 Å². The van der Waals surface area contributed by atoms with Crippen molar-refractivity contribution in [2.75, 3.05) is 0 Å². The van der Waals surface area contributed by atoms with Gasteiger partial charge in [-0.15, -0.1) is 11.8 Å². The van der Waals surface area contributed by atoms with Gasteiger partial charge in [0.1, 0.15) is 0 Å². The second kappa shape index (κ2) is 6.95. The van der Waals surface area contributed by atoms with Crippen molar-refractivity contribution in [1.29, 1.82) is 0 Å². The topological polar surface area (TPSA) is 17.1 Å². The molecule has 0 saturated heterocycles. The van der Waals surface area contributed by atoms with Gasteiger partial charge in [-0.05, 0) is 50.5 Å². The smallest absolute Gasteiger partial charge is 0.175 e. The van der Waals surface area contributed by atoms with Crippen LogP contribution in [0, 0.1) is 20.8 Å². The monoisotopic (exact) mass is 298 g/mol. The first kappa shape index (κ1) is 15.8. The molecule has 1 unspecified atom stereocenters. The molecular weight excluding hydrogens is 276 g/mol. The van der Waals surface area contributed by atoms with Crippen LogP contribution in [0.3, 0.4) is 0 Å². The molecule has 2 aromatic carbocycles. The minimum Gasteiger partial charge on any atom is -0.293 e. The summed E-state index contributed by atoms with van der Waals surface area (Å²) >= 11 is 1.70. The molecule has 0 fully saturated rings. The van der Waals surface area contributed by atoms with Gasteiger partial charge in [-0.25, -0.2) is 0 Å². The van der Waals surface area contributed by atoms with E-state index < -0.39 is 0 Å². The molecule has 0 aromatic heterocycles. The zero-order valence-electron chi connectivity index (χ0n) is 13.1. The number of ketones is 1. The minimum atomic E-state index is -0.0207. The van der Waals surface area contributed by atoms with Crippen molar-refractivity contribution in [3.05, 3.63) is 70.3 Å². The summed E-state index contributed by atoms with van der Waals surface area (Å²) in [5.41, 5.74) is 5.77. The molecule has 2 rings (SSSR count). The van der Waals surface area contributed by atoms with Crippen molar-refractivity contribution in [2.24, 2.45) is 0 Å². The van der Waals surface area contributed by atoms with Gasteiger partial charge in [0.15, 0.2) is 5.78 Å². The van der Waals surface area contributed by atoms with Crippen LogP contribution in [-0.2, 0) is 5.75 Å². The van der Waals surface area contributed by atoms with Gasteiger partial charge in [-0.1, -0.05) is 42.0 Å². The van der Waals surface area contributed by atoms with E-state index in [1.165, 1.54) is 22.3 Å². The maximum Gasteiger partial charge on any atom is 0.175 e. The fourth-order valence-electron chi connectivity index (χ4n) is 2.23. The molecule has 0 aliphatic heterocycles. The van der Waals surface area contributed by atoms with Crippen LogP contribution < -0.4 is 0 Å². The fourth-order valence-corrected chi connectivity index (χ4v) is 3.14. The molecule has 0 spiro atoms. The predicted molar refractivity (Wildman–Crippen MR) is 92.2 cm³/mol. The standard InChI is InChI=1S/C19H22OS/c1-13-6-5-7-17(10-13)12-21-16(4)19(20)18-9-8-14(2)15(3)11-18/h5-11,16H,12H2,1-4H3. The van der Waals surface area contributed by atoms with Crippen LogP contribution in [0.25, 0.3) is 0 Å². The van der Waals surface area contributed by atoms with Crippen LogP contribution >= 0.6 is 11.8 Å². The number of aryl methyl sites for hydroxylation is 3. The number of rotatable bonds is 5. The molecule has 1 atom stereocenters. The number of carbonyl (C=O) groups is 1. The maximum absolute atomic E-state index is 12.5. The number of Topliss-reactive ketones (excluding diaryl/α,β-unsaturated/α-hetero) is 1. The van der Waals surface area contributed by atoms with Crippen molar-refractivity contribution in [3.8, 4) is 0 Å². The van der Waals surface area contributed by atoms with Crippen molar-refractivity contribution in [2.45, 2.75) is 38.7 Å². The van der Waals surface area contributed by atoms with E-state index in [4.69, 9.17) is 0 Å². The molecule has 0 saturated carbocycles. The lowest BCUT2D eigenvalue weighted by Gasteiger charge is -2.12. The third kappa shape index (κ3) is 4.21. The second-order valence-corrected chi connectivity index (χ2v) is 6.93. The van der Waals surface area contributed by atoms with Gasteiger partial charge in [0.05, 0.1) is 5.25 Å². The lowest BCUT2D eigenvalue weighted by molar-refractivity contribution is 0.0994. The summed E-state index contributed by atoms with van der Waals surface area (Å²) in [6.45, 7) is 8.21. The Morgan fingerprint density at radius 2 is 1.81 bits per heavy atom. The molecule has 0 N–H and O–H groups in total. The number of hydrogen-bond donors (Lipinski definition) is 0. The number of thioether (sulfide) groups is 1. The average molecular weight is 298 g/mol. The highest BCUT2D eigenvalue weighted by Gasteiger charge is 2.16. The molecule has 2 aromatic rings. The normalized spacial score (nSPS) is 12.2. The molecule has 1 nitrogen and oxygen atoms in total. The number of hydrogen-bond acceptors (Lipinski definition) is 2. The molecule has 0 aliphatic carbocycles. The Morgan fingerprint density at radius 3 is 2.48 bits per heavy atom. The SMILES string of the molecule is Cc1cccc(CSC(C)C(=O)c2ccc(C)c(C)c2)c1. The molecule has 110 valence electrons. The predicted octanol–water partition coefficient (Wildman–Crippen LogP) is 5.12. The fraction of sp³-hybridized carbons (Fsp3) is 0.316. The summed E-state index contributed by atoms with van der Waals surface area (Å²) in [6, 6.07) is 14.4. The third-order valence-corrected chi connectivity index (χ3v) is 4.96. The maximum atomic E-state index is 12.5. The average Bonchev–Trinajstić information content (AvgIpc) is 2.47. The summed E-state index contributed by atoms with van der Waals surface area (Å²) in [4.78, 5) is 12.5. The first-order chi connectivity index (χ1) is 9.97. The van der Waals surface area contributed by atoms with E-state index >= 15 is 0 Å². The quantitative estimate of drug-likeness (QED) is 0.713. The molecule has 21 heavy (non-hydrogen) atoms. The zero-order valence-corrected chi connectivity index (χ0v) is 14.0. The highest BCUT2D eigenvalue weighted by molar-refractivity contribution is 7.99. The summed E-state index contributed by atoms with van der Waals surface area (Å²) in [6.07, 6.45) is 0. The Kier molecular flexibility index (Phi) is 5.24. The molecule has 0 radical (unpaired) electrons. The number of carbonyl (C=O) groups excluding carboxylic acids is 1. The Balaban J connectivity index is 2.00. The zero-order chi connectivity index (χ0) is 15.4. The summed E-state index contributed by atoms with van der Waals surface area (Å²) in [5, 5.41) is -0.0207. The Labute approximate surface area is 131 Å². The minimum absolute atomic E-state index is 0.0207. The van der Waals surface area contributed by atoms with E-state index in [0.717, 1.165) is 11.3 Å². The van der Waals surface area contributed by atoms with E-state index in [0.29, 0.717) is 0 Å². The lowest BCUT2D eigenvalue weighted by atomic mass is 10.0. The first-order valence-electron chi connectivity index (χ1n) is 7.26. The van der Waals surface area contributed by atoms with Crippen LogP contribution in [0.1, 0.15) is 39.5 Å². The van der Waals surface area contributed by atoms with Crippen LogP contribution in [0.5, 0.6) is 0 Å². The van der Waals surface area contributed by atoms with Gasteiger partial charge in [0.25, 0.3) is 0 Å². The Hall–Kier alpha value is -1.54. The summed E-state index contributed by atoms with van der Waals surface area (Å²) in [7, 11) is 0. The molecule has 0 heterocycles. The molecule has 0 bridgehead atoms. The first-order valence-corrected chi connectivity index (χ1v) is 8.31. The van der Waals surface area contributed by atoms with Crippen molar-refractivity contribution >= 4 is 17.5 Å².